The van der Waals surface area contributed by atoms with Crippen LogP contribution in [0, 0.1) is 6.92 Å². The minimum absolute atomic E-state index is 0.174. The summed E-state index contributed by atoms with van der Waals surface area (Å²) in [7, 11) is -3.72. The highest BCUT2D eigenvalue weighted by Gasteiger charge is 2.27. The number of aliphatic hydroxyl groups is 1. The lowest BCUT2D eigenvalue weighted by molar-refractivity contribution is 0.208. The van der Waals surface area contributed by atoms with Crippen molar-refractivity contribution in [3.63, 3.8) is 0 Å². The molecule has 0 atom stereocenters. The Bertz CT molecular complexity index is 739. The molecule has 1 aromatic heterocycles. The Hall–Kier alpha value is -1.50. The van der Waals surface area contributed by atoms with Crippen molar-refractivity contribution in [3.8, 4) is 0 Å². The van der Waals surface area contributed by atoms with E-state index in [4.69, 9.17) is 0 Å². The van der Waals surface area contributed by atoms with Crippen LogP contribution in [0.4, 0.5) is 0 Å². The number of sulfonamides is 1. The van der Waals surface area contributed by atoms with Gasteiger partial charge in [-0.05, 0) is 44.5 Å². The number of aliphatic hydroxyl groups excluding tert-OH is 1. The molecule has 1 aromatic carbocycles. The van der Waals surface area contributed by atoms with Crippen LogP contribution in [0.3, 0.4) is 0 Å². The maximum Gasteiger partial charge on any atom is 0.241 e. The Morgan fingerprint density at radius 3 is 2.65 bits per heavy atom. The zero-order valence-electron chi connectivity index (χ0n) is 11.7. The minimum Gasteiger partial charge on any atom is -0.394 e. The zero-order chi connectivity index (χ0) is 15.0. The van der Waals surface area contributed by atoms with Crippen LogP contribution >= 0.6 is 0 Å². The number of nitrogens with zero attached hydrogens (tertiary/aromatic N) is 1. The number of rotatable bonds is 4. The number of pyridine rings is 1. The summed E-state index contributed by atoms with van der Waals surface area (Å²) in [6.07, 6.45) is 1.64. The molecule has 0 bridgehead atoms. The number of benzene rings is 1. The highest BCUT2D eigenvalue weighted by atomic mass is 32.2. The van der Waals surface area contributed by atoms with E-state index in [0.717, 1.165) is 5.56 Å². The number of hydrogen-bond donors (Lipinski definition) is 2. The summed E-state index contributed by atoms with van der Waals surface area (Å²) in [5, 5.41) is 9.80. The molecule has 0 spiro atoms. The van der Waals surface area contributed by atoms with Gasteiger partial charge in [0.15, 0.2) is 0 Å². The van der Waals surface area contributed by atoms with Gasteiger partial charge in [-0.2, -0.15) is 0 Å². The molecular weight excluding hydrogens is 276 g/mol. The topological polar surface area (TPSA) is 79.3 Å². The molecule has 2 N–H and O–H groups in total. The summed E-state index contributed by atoms with van der Waals surface area (Å²) in [4.78, 5) is 4.40. The molecule has 0 fully saturated rings. The first-order chi connectivity index (χ1) is 9.27. The van der Waals surface area contributed by atoms with Gasteiger partial charge in [0.1, 0.15) is 0 Å². The monoisotopic (exact) mass is 294 g/mol. The first kappa shape index (κ1) is 14.9. The second-order valence-electron chi connectivity index (χ2n) is 5.43. The third-order valence-corrected chi connectivity index (χ3v) is 4.78. The number of hydrogen-bond acceptors (Lipinski definition) is 4. The van der Waals surface area contributed by atoms with Crippen LogP contribution in [0.15, 0.2) is 35.4 Å². The maximum absolute atomic E-state index is 12.5. The number of fused-ring (bicyclic) bond motifs is 1. The van der Waals surface area contributed by atoms with Gasteiger partial charge < -0.3 is 5.11 Å². The number of aromatic nitrogens is 1. The summed E-state index contributed by atoms with van der Waals surface area (Å²) in [6.45, 7) is 4.85. The predicted octanol–water partition coefficient (Wildman–Crippen LogP) is 1.59. The molecule has 0 radical (unpaired) electrons. The molecule has 0 aliphatic rings. The van der Waals surface area contributed by atoms with E-state index in [1.807, 2.05) is 6.92 Å². The Balaban J connectivity index is 2.61. The molecule has 0 saturated heterocycles. The second kappa shape index (κ2) is 5.12. The van der Waals surface area contributed by atoms with Crippen molar-refractivity contribution in [2.75, 3.05) is 6.61 Å². The van der Waals surface area contributed by atoms with E-state index in [9.17, 15) is 13.5 Å². The first-order valence-corrected chi connectivity index (χ1v) is 7.74. The van der Waals surface area contributed by atoms with Crippen LogP contribution in [0.25, 0.3) is 10.9 Å². The van der Waals surface area contributed by atoms with Crippen molar-refractivity contribution < 1.29 is 13.5 Å². The molecular formula is C14H18N2O3S. The minimum atomic E-state index is -3.72. The lowest BCUT2D eigenvalue weighted by Gasteiger charge is -2.23. The van der Waals surface area contributed by atoms with Gasteiger partial charge in [0, 0.05) is 11.6 Å². The highest BCUT2D eigenvalue weighted by molar-refractivity contribution is 7.89. The third kappa shape index (κ3) is 2.82. The van der Waals surface area contributed by atoms with Crippen molar-refractivity contribution in [3.05, 3.63) is 36.0 Å². The Labute approximate surface area is 118 Å². The van der Waals surface area contributed by atoms with Gasteiger partial charge >= 0.3 is 0 Å². The fourth-order valence-electron chi connectivity index (χ4n) is 1.97. The molecule has 108 valence electrons. The average Bonchev–Trinajstić information content (AvgIpc) is 2.38. The SMILES string of the molecule is Cc1ccc(S(=O)(=O)NC(C)(C)CO)c2cccnc12. The second-order valence-corrected chi connectivity index (χ2v) is 7.08. The van der Waals surface area contributed by atoms with Gasteiger partial charge in [0.05, 0.1) is 22.6 Å². The van der Waals surface area contributed by atoms with Crippen LogP contribution in [0.1, 0.15) is 19.4 Å². The zero-order valence-corrected chi connectivity index (χ0v) is 12.5. The van der Waals surface area contributed by atoms with Crippen molar-refractivity contribution in [2.45, 2.75) is 31.2 Å². The summed E-state index contributed by atoms with van der Waals surface area (Å²) in [6, 6.07) is 6.73. The van der Waals surface area contributed by atoms with Gasteiger partial charge in [-0.25, -0.2) is 13.1 Å². The maximum atomic E-state index is 12.5. The van der Waals surface area contributed by atoms with Crippen LogP contribution in [-0.4, -0.2) is 30.7 Å². The van der Waals surface area contributed by atoms with E-state index in [1.165, 1.54) is 0 Å². The molecule has 20 heavy (non-hydrogen) atoms. The van der Waals surface area contributed by atoms with E-state index < -0.39 is 15.6 Å². The molecule has 0 aliphatic carbocycles. The molecule has 0 unspecified atom stereocenters. The van der Waals surface area contributed by atoms with Crippen molar-refractivity contribution in [1.29, 1.82) is 0 Å². The van der Waals surface area contributed by atoms with E-state index in [0.29, 0.717) is 10.9 Å². The highest BCUT2D eigenvalue weighted by Crippen LogP contribution is 2.25. The summed E-state index contributed by atoms with van der Waals surface area (Å²) in [5.41, 5.74) is 0.663. The largest absolute Gasteiger partial charge is 0.394 e. The van der Waals surface area contributed by atoms with Crippen LogP contribution in [-0.2, 0) is 10.0 Å². The summed E-state index contributed by atoms with van der Waals surface area (Å²) < 4.78 is 27.5. The average molecular weight is 294 g/mol. The molecule has 2 rings (SSSR count). The van der Waals surface area contributed by atoms with Crippen LogP contribution < -0.4 is 4.72 Å². The lowest BCUT2D eigenvalue weighted by Crippen LogP contribution is -2.46. The number of aryl methyl sites for hydroxylation is 1. The molecule has 5 nitrogen and oxygen atoms in total. The van der Waals surface area contributed by atoms with Crippen LogP contribution in [0.5, 0.6) is 0 Å². The quantitative estimate of drug-likeness (QED) is 0.897. The van der Waals surface area contributed by atoms with E-state index in [2.05, 4.69) is 9.71 Å². The molecule has 1 heterocycles. The normalized spacial score (nSPS) is 12.8. The smallest absolute Gasteiger partial charge is 0.241 e. The van der Waals surface area contributed by atoms with E-state index in [1.54, 1.807) is 44.3 Å². The predicted molar refractivity (Wildman–Crippen MR) is 78.0 cm³/mol. The Morgan fingerprint density at radius 1 is 1.30 bits per heavy atom. The summed E-state index contributed by atoms with van der Waals surface area (Å²) >= 11 is 0. The van der Waals surface area contributed by atoms with Gasteiger partial charge in [0.25, 0.3) is 0 Å². The molecule has 2 aromatic rings. The van der Waals surface area contributed by atoms with Gasteiger partial charge in [-0.15, -0.1) is 0 Å². The number of nitrogens with one attached hydrogen (secondary N) is 1. The van der Waals surface area contributed by atoms with Gasteiger partial charge in [0.2, 0.25) is 10.0 Å². The summed E-state index contributed by atoms with van der Waals surface area (Å²) in [5.74, 6) is 0. The van der Waals surface area contributed by atoms with Crippen molar-refractivity contribution in [1.82, 2.24) is 9.71 Å². The molecule has 0 saturated carbocycles. The fourth-order valence-corrected chi connectivity index (χ4v) is 3.58. The third-order valence-electron chi connectivity index (χ3n) is 3.03. The first-order valence-electron chi connectivity index (χ1n) is 6.26. The molecule has 6 heteroatoms. The standard InChI is InChI=1S/C14H18N2O3S/c1-10-6-7-12(11-5-4-8-15-13(10)11)20(18,19)16-14(2,3)9-17/h4-8,16-17H,9H2,1-3H3. The van der Waals surface area contributed by atoms with Gasteiger partial charge in [-0.1, -0.05) is 6.07 Å². The lowest BCUT2D eigenvalue weighted by atomic mass is 10.1. The Kier molecular flexibility index (Phi) is 3.82. The molecule has 0 amide bonds. The molecule has 0 aliphatic heterocycles. The van der Waals surface area contributed by atoms with E-state index >= 15 is 0 Å². The van der Waals surface area contributed by atoms with Gasteiger partial charge in [-0.3, -0.25) is 4.98 Å². The van der Waals surface area contributed by atoms with Crippen molar-refractivity contribution >= 4 is 20.9 Å². The van der Waals surface area contributed by atoms with Crippen molar-refractivity contribution in [2.24, 2.45) is 0 Å². The fraction of sp³-hybridized carbons (Fsp3) is 0.357. The van der Waals surface area contributed by atoms with E-state index in [-0.39, 0.29) is 11.5 Å². The Morgan fingerprint density at radius 2 is 2.00 bits per heavy atom. The van der Waals surface area contributed by atoms with Crippen LogP contribution in [0.2, 0.25) is 0 Å².